The molecule has 1 heterocycles. The molecule has 0 aliphatic rings. The molecule has 102 valence electrons. The first-order valence-electron chi connectivity index (χ1n) is 7.18. The Labute approximate surface area is 125 Å². The maximum Gasteiger partial charge on any atom is 0.175 e. The summed E-state index contributed by atoms with van der Waals surface area (Å²) in [7, 11) is 0. The summed E-state index contributed by atoms with van der Waals surface area (Å²) in [4.78, 5) is 0. The lowest BCUT2D eigenvalue weighted by Crippen LogP contribution is -2.23. The fourth-order valence-corrected chi connectivity index (χ4v) is 2.35. The lowest BCUT2D eigenvalue weighted by atomic mass is 10.00. The maximum absolute atomic E-state index is 2.20. The molecule has 0 N–H and O–H groups in total. The lowest BCUT2D eigenvalue weighted by Gasteiger charge is -2.05. The van der Waals surface area contributed by atoms with E-state index in [-0.39, 0.29) is 0 Å². The first-order valence-corrected chi connectivity index (χ1v) is 7.18. The van der Waals surface area contributed by atoms with Crippen molar-refractivity contribution in [1.82, 2.24) is 0 Å². The summed E-state index contributed by atoms with van der Waals surface area (Å²) < 4.78 is 2.05. The molecule has 2 aromatic carbocycles. The molecule has 0 aliphatic carbocycles. The van der Waals surface area contributed by atoms with Crippen LogP contribution in [0.25, 0.3) is 12.3 Å². The summed E-state index contributed by atoms with van der Waals surface area (Å²) in [5, 5.41) is 0. The van der Waals surface area contributed by atoms with Crippen LogP contribution in [0.4, 0.5) is 0 Å². The molecule has 0 radical (unpaired) electrons. The second-order valence-corrected chi connectivity index (χ2v) is 5.00. The Morgan fingerprint density at radius 1 is 0.714 bits per heavy atom. The molecule has 1 aromatic heterocycles. The highest BCUT2D eigenvalue weighted by atomic mass is 14.9. The molecule has 0 spiro atoms. The van der Waals surface area contributed by atoms with E-state index in [1.165, 1.54) is 16.7 Å². The average Bonchev–Trinajstić information content (AvgIpc) is 2.56. The minimum Gasteiger partial charge on any atom is -0.174 e. The summed E-state index contributed by atoms with van der Waals surface area (Å²) in [6, 6.07) is 25.2. The molecule has 3 rings (SSSR count). The van der Waals surface area contributed by atoms with Crippen molar-refractivity contribution in [3.8, 4) is 0 Å². The molecule has 0 aliphatic heterocycles. The van der Waals surface area contributed by atoms with Gasteiger partial charge in [0.2, 0.25) is 0 Å². The van der Waals surface area contributed by atoms with Crippen LogP contribution in [0.1, 0.15) is 16.7 Å². The first-order chi connectivity index (χ1) is 10.4. The van der Waals surface area contributed by atoms with Gasteiger partial charge in [-0.25, -0.2) is 0 Å². The topological polar surface area (TPSA) is 3.88 Å². The van der Waals surface area contributed by atoms with Gasteiger partial charge in [-0.15, -0.1) is 0 Å². The molecule has 0 saturated carbocycles. The predicted octanol–water partition coefficient (Wildman–Crippen LogP) is 4.19. The Bertz CT molecular complexity index is 715. The minimum atomic E-state index is 0.959. The number of hydrogen-bond acceptors (Lipinski definition) is 0. The number of pyridine rings is 1. The third kappa shape index (κ3) is 3.67. The summed E-state index contributed by atoms with van der Waals surface area (Å²) in [6.45, 7) is 0. The lowest BCUT2D eigenvalue weighted by molar-refractivity contribution is -0.567. The molecule has 0 unspecified atom stereocenters. The van der Waals surface area contributed by atoms with E-state index < -0.39 is 0 Å². The van der Waals surface area contributed by atoms with Crippen molar-refractivity contribution < 1.29 is 4.57 Å². The zero-order valence-electron chi connectivity index (χ0n) is 11.9. The fraction of sp³-hybridized carbons (Fsp3) is 0.0500. The first kappa shape index (κ1) is 13.3. The van der Waals surface area contributed by atoms with Gasteiger partial charge >= 0.3 is 0 Å². The van der Waals surface area contributed by atoms with Crippen molar-refractivity contribution in [1.29, 1.82) is 0 Å². The van der Waals surface area contributed by atoms with Crippen LogP contribution in [0.2, 0.25) is 0 Å². The molecule has 3 aromatic rings. The van der Waals surface area contributed by atoms with Gasteiger partial charge in [0.15, 0.2) is 18.6 Å². The van der Waals surface area contributed by atoms with Crippen molar-refractivity contribution in [2.75, 3.05) is 0 Å². The van der Waals surface area contributed by atoms with Gasteiger partial charge in [-0.3, -0.25) is 0 Å². The molecule has 0 fully saturated rings. The van der Waals surface area contributed by atoms with Crippen LogP contribution in [0.3, 0.4) is 0 Å². The smallest absolute Gasteiger partial charge is 0.174 e. The number of nitrogens with zero attached hydrogens (tertiary/aromatic N) is 1. The highest BCUT2D eigenvalue weighted by Crippen LogP contribution is 2.15. The minimum absolute atomic E-state index is 0.959. The third-order valence-corrected chi connectivity index (χ3v) is 3.46. The highest BCUT2D eigenvalue weighted by Gasteiger charge is 2.01. The molecular formula is C20H18N+. The molecule has 0 atom stereocenters. The Balaban J connectivity index is 1.84. The van der Waals surface area contributed by atoms with E-state index in [0.717, 1.165) is 6.42 Å². The van der Waals surface area contributed by atoms with E-state index in [1.54, 1.807) is 0 Å². The van der Waals surface area contributed by atoms with E-state index in [2.05, 4.69) is 71.4 Å². The fourth-order valence-electron chi connectivity index (χ4n) is 2.35. The van der Waals surface area contributed by atoms with Gasteiger partial charge in [0.1, 0.15) is 0 Å². The summed E-state index contributed by atoms with van der Waals surface area (Å²) in [6.07, 6.45) is 9.29. The van der Waals surface area contributed by atoms with Gasteiger partial charge in [0.25, 0.3) is 0 Å². The van der Waals surface area contributed by atoms with Crippen LogP contribution < -0.4 is 4.57 Å². The van der Waals surface area contributed by atoms with Crippen LogP contribution in [-0.2, 0) is 6.42 Å². The van der Waals surface area contributed by atoms with E-state index in [9.17, 15) is 0 Å². The predicted molar refractivity (Wildman–Crippen MR) is 87.6 cm³/mol. The average molecular weight is 272 g/mol. The quantitative estimate of drug-likeness (QED) is 0.627. The van der Waals surface area contributed by atoms with Gasteiger partial charge < -0.3 is 0 Å². The second kappa shape index (κ2) is 6.67. The van der Waals surface area contributed by atoms with Crippen LogP contribution in [0.15, 0.2) is 85.2 Å². The summed E-state index contributed by atoms with van der Waals surface area (Å²) in [5.74, 6) is 0. The second-order valence-electron chi connectivity index (χ2n) is 5.00. The largest absolute Gasteiger partial charge is 0.175 e. The van der Waals surface area contributed by atoms with Gasteiger partial charge in [0, 0.05) is 18.2 Å². The van der Waals surface area contributed by atoms with Gasteiger partial charge in [-0.05, 0) is 23.1 Å². The zero-order chi connectivity index (χ0) is 14.3. The summed E-state index contributed by atoms with van der Waals surface area (Å²) >= 11 is 0. The van der Waals surface area contributed by atoms with Gasteiger partial charge in [-0.2, -0.15) is 4.57 Å². The van der Waals surface area contributed by atoms with Crippen LogP contribution in [0, 0.1) is 0 Å². The van der Waals surface area contributed by atoms with Gasteiger partial charge in [-0.1, -0.05) is 60.7 Å². The monoisotopic (exact) mass is 272 g/mol. The van der Waals surface area contributed by atoms with Crippen molar-refractivity contribution in [3.63, 3.8) is 0 Å². The van der Waals surface area contributed by atoms with Crippen LogP contribution >= 0.6 is 0 Å². The van der Waals surface area contributed by atoms with Crippen molar-refractivity contribution in [3.05, 3.63) is 102 Å². The third-order valence-electron chi connectivity index (χ3n) is 3.46. The maximum atomic E-state index is 2.20. The van der Waals surface area contributed by atoms with Crippen molar-refractivity contribution in [2.24, 2.45) is 0 Å². The molecular weight excluding hydrogens is 254 g/mol. The molecule has 1 nitrogen and oxygen atoms in total. The van der Waals surface area contributed by atoms with E-state index >= 15 is 0 Å². The van der Waals surface area contributed by atoms with E-state index in [4.69, 9.17) is 0 Å². The van der Waals surface area contributed by atoms with Crippen LogP contribution in [0.5, 0.6) is 0 Å². The molecule has 21 heavy (non-hydrogen) atoms. The van der Waals surface area contributed by atoms with Crippen molar-refractivity contribution in [2.45, 2.75) is 6.42 Å². The molecule has 0 saturated heterocycles. The zero-order valence-corrected chi connectivity index (χ0v) is 11.9. The van der Waals surface area contributed by atoms with E-state index in [1.807, 2.05) is 30.6 Å². The summed E-state index contributed by atoms with van der Waals surface area (Å²) in [5.41, 5.74) is 3.94. The number of hydrogen-bond donors (Lipinski definition) is 0. The Hall–Kier alpha value is -2.67. The molecule has 1 heteroatoms. The normalized spacial score (nSPS) is 10.9. The molecule has 0 bridgehead atoms. The molecule has 0 amide bonds. The number of benzene rings is 2. The standard InChI is InChI=1S/C20H18N/c1-3-9-18(10-4-1)17-20-12-6-5-11-19(20)13-16-21-14-7-2-8-15-21/h1-16H,17H2/q+1/b16-13+. The van der Waals surface area contributed by atoms with Crippen molar-refractivity contribution >= 4 is 12.3 Å². The van der Waals surface area contributed by atoms with E-state index in [0.29, 0.717) is 0 Å². The Morgan fingerprint density at radius 2 is 1.38 bits per heavy atom. The Kier molecular flexibility index (Phi) is 4.23. The van der Waals surface area contributed by atoms with Gasteiger partial charge in [0.05, 0.1) is 0 Å². The number of aromatic nitrogens is 1. The SMILES string of the molecule is C(=C\[n+]1ccccc1)/c1ccccc1Cc1ccccc1. The number of rotatable bonds is 4. The highest BCUT2D eigenvalue weighted by molar-refractivity contribution is 5.60. The van der Waals surface area contributed by atoms with Crippen LogP contribution in [-0.4, -0.2) is 0 Å². The Morgan fingerprint density at radius 3 is 2.19 bits per heavy atom.